The first-order valence-electron chi connectivity index (χ1n) is 8.88. The highest BCUT2D eigenvalue weighted by atomic mass is 16.7. The Morgan fingerprint density at radius 1 is 1.12 bits per heavy atom. The standard InChI is InChI=1S/C19H32O5/c1-16(2,3)17(4,5)12-22-18(6,7)15(21)24-19-10-8-13(9-11-19)14(20)23-19/h13H,8-12H2,1-7H3. The Morgan fingerprint density at radius 3 is 2.12 bits per heavy atom. The zero-order valence-electron chi connectivity index (χ0n) is 16.2. The average Bonchev–Trinajstić information content (AvgIpc) is 2.44. The highest BCUT2D eigenvalue weighted by molar-refractivity contribution is 5.80. The van der Waals surface area contributed by atoms with Crippen LogP contribution in [0.25, 0.3) is 0 Å². The Bertz CT molecular complexity index is 504. The van der Waals surface area contributed by atoms with Gasteiger partial charge in [-0.3, -0.25) is 4.79 Å². The van der Waals surface area contributed by atoms with Crippen molar-refractivity contribution in [3.63, 3.8) is 0 Å². The van der Waals surface area contributed by atoms with Gasteiger partial charge in [0, 0.05) is 12.8 Å². The van der Waals surface area contributed by atoms with Gasteiger partial charge >= 0.3 is 11.9 Å². The first-order valence-corrected chi connectivity index (χ1v) is 8.88. The fraction of sp³-hybridized carbons (Fsp3) is 0.895. The molecular weight excluding hydrogens is 308 g/mol. The minimum atomic E-state index is -1.09. The fourth-order valence-corrected chi connectivity index (χ4v) is 2.71. The Balaban J connectivity index is 1.99. The molecule has 1 saturated carbocycles. The Hall–Kier alpha value is -1.10. The minimum Gasteiger partial charge on any atom is -0.422 e. The lowest BCUT2D eigenvalue weighted by atomic mass is 9.70. The largest absolute Gasteiger partial charge is 0.422 e. The third kappa shape index (κ3) is 3.76. The van der Waals surface area contributed by atoms with E-state index in [0.717, 1.165) is 12.8 Å². The summed E-state index contributed by atoms with van der Waals surface area (Å²) in [5.41, 5.74) is -1.14. The van der Waals surface area contributed by atoms with Crippen molar-refractivity contribution in [2.45, 2.75) is 85.5 Å². The molecule has 24 heavy (non-hydrogen) atoms. The molecule has 1 aliphatic carbocycles. The minimum absolute atomic E-state index is 0.0255. The van der Waals surface area contributed by atoms with Crippen LogP contribution in [-0.2, 0) is 23.8 Å². The van der Waals surface area contributed by atoms with E-state index in [9.17, 15) is 9.59 Å². The van der Waals surface area contributed by atoms with Gasteiger partial charge in [0.15, 0.2) is 5.60 Å². The lowest BCUT2D eigenvalue weighted by Crippen LogP contribution is -2.54. The summed E-state index contributed by atoms with van der Waals surface area (Å²) in [6.45, 7) is 14.6. The van der Waals surface area contributed by atoms with Crippen molar-refractivity contribution in [2.75, 3.05) is 6.61 Å². The SMILES string of the molecule is CC(C)(OCC(C)(C)C(C)(C)C)C(=O)OC12CCC(CC1)C(=O)O2. The van der Waals surface area contributed by atoms with E-state index >= 15 is 0 Å². The number of ether oxygens (including phenoxy) is 3. The summed E-state index contributed by atoms with van der Waals surface area (Å²) in [6, 6.07) is 0. The summed E-state index contributed by atoms with van der Waals surface area (Å²) in [6.07, 6.45) is 2.62. The number of hydrogen-bond acceptors (Lipinski definition) is 5. The number of carbonyl (C=O) groups is 2. The predicted molar refractivity (Wildman–Crippen MR) is 90.1 cm³/mol. The molecule has 3 aliphatic rings. The lowest BCUT2D eigenvalue weighted by Gasteiger charge is -2.45. The highest BCUT2D eigenvalue weighted by Gasteiger charge is 2.52. The van der Waals surface area contributed by atoms with E-state index in [1.807, 2.05) is 0 Å². The van der Waals surface area contributed by atoms with Crippen LogP contribution >= 0.6 is 0 Å². The molecule has 0 spiro atoms. The summed E-state index contributed by atoms with van der Waals surface area (Å²) in [5, 5.41) is 0. The van der Waals surface area contributed by atoms with Gasteiger partial charge in [0.2, 0.25) is 0 Å². The molecular formula is C19H32O5. The zero-order valence-corrected chi connectivity index (χ0v) is 16.2. The second-order valence-corrected chi connectivity index (χ2v) is 9.43. The molecule has 0 aromatic carbocycles. The molecule has 0 aromatic heterocycles. The average molecular weight is 340 g/mol. The summed E-state index contributed by atoms with van der Waals surface area (Å²) in [7, 11) is 0. The van der Waals surface area contributed by atoms with Gasteiger partial charge in [-0.15, -0.1) is 0 Å². The second kappa shape index (κ2) is 6.01. The van der Waals surface area contributed by atoms with E-state index in [-0.39, 0.29) is 22.7 Å². The van der Waals surface area contributed by atoms with E-state index in [4.69, 9.17) is 14.2 Å². The predicted octanol–water partition coefficient (Wildman–Crippen LogP) is 3.84. The van der Waals surface area contributed by atoms with Gasteiger partial charge in [-0.2, -0.15) is 0 Å². The van der Waals surface area contributed by atoms with E-state index in [2.05, 4.69) is 34.6 Å². The van der Waals surface area contributed by atoms with Crippen LogP contribution in [0.5, 0.6) is 0 Å². The molecule has 5 nitrogen and oxygen atoms in total. The Morgan fingerprint density at radius 2 is 1.67 bits per heavy atom. The van der Waals surface area contributed by atoms with Crippen molar-refractivity contribution in [3.05, 3.63) is 0 Å². The van der Waals surface area contributed by atoms with Crippen LogP contribution in [-0.4, -0.2) is 29.9 Å². The molecule has 2 bridgehead atoms. The summed E-state index contributed by atoms with van der Waals surface area (Å²) >= 11 is 0. The van der Waals surface area contributed by atoms with E-state index in [1.54, 1.807) is 13.8 Å². The quantitative estimate of drug-likeness (QED) is 0.712. The number of carbonyl (C=O) groups excluding carboxylic acids is 2. The van der Waals surface area contributed by atoms with Gasteiger partial charge in [0.05, 0.1) is 12.5 Å². The Labute approximate surface area is 145 Å². The number of esters is 2. The monoisotopic (exact) mass is 340 g/mol. The summed E-state index contributed by atoms with van der Waals surface area (Å²) in [5.74, 6) is -1.82. The van der Waals surface area contributed by atoms with Crippen LogP contribution in [0.3, 0.4) is 0 Å². The van der Waals surface area contributed by atoms with Crippen LogP contribution in [0.1, 0.15) is 74.1 Å². The number of fused-ring (bicyclic) bond motifs is 3. The van der Waals surface area contributed by atoms with Gasteiger partial charge in [-0.1, -0.05) is 34.6 Å². The van der Waals surface area contributed by atoms with Gasteiger partial charge in [-0.05, 0) is 37.5 Å². The van der Waals surface area contributed by atoms with Gasteiger partial charge < -0.3 is 14.2 Å². The molecule has 0 radical (unpaired) electrons. The van der Waals surface area contributed by atoms with Gasteiger partial charge in [-0.25, -0.2) is 4.79 Å². The van der Waals surface area contributed by atoms with Crippen molar-refractivity contribution < 1.29 is 23.8 Å². The lowest BCUT2D eigenvalue weighted by molar-refractivity contribution is -0.271. The third-order valence-corrected chi connectivity index (χ3v) is 5.96. The normalized spacial score (nSPS) is 27.8. The molecule has 0 amide bonds. The molecule has 3 fully saturated rings. The third-order valence-electron chi connectivity index (χ3n) is 5.96. The van der Waals surface area contributed by atoms with Crippen LogP contribution in [0, 0.1) is 16.7 Å². The van der Waals surface area contributed by atoms with E-state index in [1.165, 1.54) is 0 Å². The van der Waals surface area contributed by atoms with Crippen LogP contribution in [0.4, 0.5) is 0 Å². The molecule has 2 heterocycles. The van der Waals surface area contributed by atoms with Crippen LogP contribution in [0.2, 0.25) is 0 Å². The van der Waals surface area contributed by atoms with Gasteiger partial charge in [0.1, 0.15) is 0 Å². The molecule has 3 rings (SSSR count). The molecule has 2 aliphatic heterocycles. The smallest absolute Gasteiger partial charge is 0.341 e. The molecule has 0 N–H and O–H groups in total. The molecule has 0 atom stereocenters. The maximum absolute atomic E-state index is 12.6. The van der Waals surface area contributed by atoms with Crippen molar-refractivity contribution in [1.82, 2.24) is 0 Å². The first-order chi connectivity index (χ1) is 10.8. The zero-order chi connectivity index (χ0) is 18.4. The number of rotatable bonds is 5. The van der Waals surface area contributed by atoms with E-state index < -0.39 is 17.4 Å². The maximum Gasteiger partial charge on any atom is 0.341 e. The van der Waals surface area contributed by atoms with Crippen molar-refractivity contribution in [3.8, 4) is 0 Å². The van der Waals surface area contributed by atoms with Gasteiger partial charge in [0.25, 0.3) is 5.79 Å². The van der Waals surface area contributed by atoms with Crippen molar-refractivity contribution in [1.29, 1.82) is 0 Å². The molecule has 0 unspecified atom stereocenters. The van der Waals surface area contributed by atoms with Crippen LogP contribution < -0.4 is 0 Å². The first kappa shape index (κ1) is 19.2. The van der Waals surface area contributed by atoms with Crippen LogP contribution in [0.15, 0.2) is 0 Å². The summed E-state index contributed by atoms with van der Waals surface area (Å²) in [4.78, 5) is 24.5. The highest BCUT2D eigenvalue weighted by Crippen LogP contribution is 2.43. The Kier molecular flexibility index (Phi) is 4.81. The van der Waals surface area contributed by atoms with Crippen molar-refractivity contribution >= 4 is 11.9 Å². The van der Waals surface area contributed by atoms with E-state index in [0.29, 0.717) is 19.4 Å². The number of hydrogen-bond donors (Lipinski definition) is 0. The fourth-order valence-electron chi connectivity index (χ4n) is 2.71. The van der Waals surface area contributed by atoms with Crippen molar-refractivity contribution in [2.24, 2.45) is 16.7 Å². The molecule has 138 valence electrons. The topological polar surface area (TPSA) is 61.8 Å². The molecule has 5 heteroatoms. The molecule has 2 saturated heterocycles. The maximum atomic E-state index is 12.6. The summed E-state index contributed by atoms with van der Waals surface area (Å²) < 4.78 is 17.0. The molecule has 0 aromatic rings. The second-order valence-electron chi connectivity index (χ2n) is 9.43.